The van der Waals surface area contributed by atoms with E-state index in [0.29, 0.717) is 6.61 Å². The Labute approximate surface area is 169 Å². The van der Waals surface area contributed by atoms with Crippen molar-refractivity contribution >= 4 is 23.2 Å². The number of nitrogens with zero attached hydrogens (tertiary/aromatic N) is 1. The molecule has 4 heterocycles. The maximum Gasteiger partial charge on any atom is 0.189 e. The summed E-state index contributed by atoms with van der Waals surface area (Å²) in [7, 11) is 0. The van der Waals surface area contributed by atoms with Crippen LogP contribution in [-0.2, 0) is 23.7 Å². The van der Waals surface area contributed by atoms with Gasteiger partial charge in [0.05, 0.1) is 17.0 Å². The molecule has 0 N–H and O–H groups in total. The van der Waals surface area contributed by atoms with Gasteiger partial charge >= 0.3 is 0 Å². The predicted octanol–water partition coefficient (Wildman–Crippen LogP) is 4.04. The van der Waals surface area contributed by atoms with Crippen LogP contribution in [0.25, 0.3) is 0 Å². The van der Waals surface area contributed by atoms with E-state index in [1.54, 1.807) is 11.8 Å². The molecule has 0 bridgehead atoms. The van der Waals surface area contributed by atoms with E-state index in [2.05, 4.69) is 19.1 Å². The van der Waals surface area contributed by atoms with Gasteiger partial charge in [-0.05, 0) is 46.8 Å². The smallest absolute Gasteiger partial charge is 0.189 e. The van der Waals surface area contributed by atoms with E-state index in [9.17, 15) is 0 Å². The van der Waals surface area contributed by atoms with Gasteiger partial charge in [0, 0.05) is 17.0 Å². The minimum Gasteiger partial charge on any atom is -0.348 e. The van der Waals surface area contributed by atoms with Crippen LogP contribution in [0.5, 0.6) is 0 Å². The van der Waals surface area contributed by atoms with Gasteiger partial charge in [-0.1, -0.05) is 12.1 Å². The Morgan fingerprint density at radius 3 is 2.54 bits per heavy atom. The SMILES string of the molecule is CC1=Nc2ccccc2S[C@]2(C1)[C@H]1OC(C)(C)O[C@@H]1O[C@H]2[C@@H]1COC(C)(C)O1. The van der Waals surface area contributed by atoms with Gasteiger partial charge in [-0.3, -0.25) is 4.99 Å². The highest BCUT2D eigenvalue weighted by Gasteiger charge is 2.67. The summed E-state index contributed by atoms with van der Waals surface area (Å²) in [4.78, 5) is 6.00. The van der Waals surface area contributed by atoms with Gasteiger partial charge in [-0.25, -0.2) is 0 Å². The van der Waals surface area contributed by atoms with Crippen LogP contribution < -0.4 is 0 Å². The summed E-state index contributed by atoms with van der Waals surface area (Å²) in [5, 5.41) is 0. The highest BCUT2D eigenvalue weighted by atomic mass is 32.2. The molecule has 4 aliphatic heterocycles. The number of hydrogen-bond acceptors (Lipinski definition) is 7. The summed E-state index contributed by atoms with van der Waals surface area (Å²) in [5.74, 6) is -1.30. The second kappa shape index (κ2) is 6.27. The molecule has 3 fully saturated rings. The minimum atomic E-state index is -0.683. The third-order valence-corrected chi connectivity index (χ3v) is 7.23. The van der Waals surface area contributed by atoms with Crippen LogP contribution in [0.1, 0.15) is 41.0 Å². The molecule has 4 aliphatic rings. The minimum absolute atomic E-state index is 0.193. The molecular weight excluding hydrogens is 378 g/mol. The summed E-state index contributed by atoms with van der Waals surface area (Å²) in [6.45, 7) is 10.3. The first kappa shape index (κ1) is 19.0. The van der Waals surface area contributed by atoms with Gasteiger partial charge in [0.25, 0.3) is 0 Å². The molecule has 1 aromatic rings. The number of aliphatic imine (C=N–C) groups is 1. The molecule has 0 aromatic heterocycles. The van der Waals surface area contributed by atoms with E-state index < -0.39 is 22.6 Å². The van der Waals surface area contributed by atoms with Gasteiger partial charge in [-0.2, -0.15) is 0 Å². The van der Waals surface area contributed by atoms with E-state index in [1.807, 2.05) is 39.8 Å². The van der Waals surface area contributed by atoms with Crippen molar-refractivity contribution in [1.29, 1.82) is 0 Å². The normalized spacial score (nSPS) is 40.8. The third kappa shape index (κ3) is 3.04. The van der Waals surface area contributed by atoms with Crippen molar-refractivity contribution in [1.82, 2.24) is 0 Å². The lowest BCUT2D eigenvalue weighted by molar-refractivity contribution is -0.224. The Bertz CT molecular complexity index is 825. The van der Waals surface area contributed by atoms with Crippen LogP contribution in [-0.4, -0.2) is 53.2 Å². The van der Waals surface area contributed by atoms with Crippen LogP contribution in [0, 0.1) is 0 Å². The molecule has 152 valence electrons. The van der Waals surface area contributed by atoms with Crippen LogP contribution >= 0.6 is 11.8 Å². The maximum atomic E-state index is 6.48. The summed E-state index contributed by atoms with van der Waals surface area (Å²) >= 11 is 1.78. The molecule has 6 nitrogen and oxygen atoms in total. The predicted molar refractivity (Wildman–Crippen MR) is 106 cm³/mol. The van der Waals surface area contributed by atoms with E-state index in [1.165, 1.54) is 0 Å². The molecule has 0 unspecified atom stereocenters. The molecule has 5 atom stereocenters. The second-order valence-corrected chi connectivity index (χ2v) is 10.3. The zero-order valence-corrected chi connectivity index (χ0v) is 17.7. The Morgan fingerprint density at radius 2 is 1.79 bits per heavy atom. The number of para-hydroxylation sites is 1. The lowest BCUT2D eigenvalue weighted by atomic mass is 9.88. The summed E-state index contributed by atoms with van der Waals surface area (Å²) in [5.41, 5.74) is 2.05. The van der Waals surface area contributed by atoms with Crippen molar-refractivity contribution < 1.29 is 23.7 Å². The summed E-state index contributed by atoms with van der Waals surface area (Å²) < 4.78 is 30.7. The fourth-order valence-corrected chi connectivity index (χ4v) is 6.34. The Morgan fingerprint density at radius 1 is 1.00 bits per heavy atom. The lowest BCUT2D eigenvalue weighted by Gasteiger charge is -2.39. The number of rotatable bonds is 1. The first-order valence-electron chi connectivity index (χ1n) is 9.83. The first-order valence-corrected chi connectivity index (χ1v) is 10.6. The first-order chi connectivity index (χ1) is 13.2. The van der Waals surface area contributed by atoms with E-state index >= 15 is 0 Å². The Hall–Kier alpha value is -0.960. The molecule has 1 aromatic carbocycles. The fraction of sp³-hybridized carbons (Fsp3) is 0.667. The van der Waals surface area contributed by atoms with Crippen LogP contribution in [0.3, 0.4) is 0 Å². The highest BCUT2D eigenvalue weighted by Crippen LogP contribution is 2.57. The quantitative estimate of drug-likeness (QED) is 0.703. The number of fused-ring (bicyclic) bond motifs is 3. The van der Waals surface area contributed by atoms with Crippen LogP contribution in [0.15, 0.2) is 34.2 Å². The van der Waals surface area contributed by atoms with Crippen molar-refractivity contribution in [2.75, 3.05) is 6.61 Å². The molecule has 3 saturated heterocycles. The molecular formula is C21H27NO5S. The van der Waals surface area contributed by atoms with Crippen LogP contribution in [0.4, 0.5) is 5.69 Å². The average Bonchev–Trinajstić information content (AvgIpc) is 3.15. The van der Waals surface area contributed by atoms with Gasteiger partial charge < -0.3 is 23.7 Å². The molecule has 1 spiro atoms. The lowest BCUT2D eigenvalue weighted by Crippen LogP contribution is -2.52. The molecule has 5 rings (SSSR count). The van der Waals surface area contributed by atoms with Gasteiger partial charge in [0.15, 0.2) is 17.9 Å². The fourth-order valence-electron chi connectivity index (χ4n) is 4.69. The van der Waals surface area contributed by atoms with E-state index in [4.69, 9.17) is 28.7 Å². The van der Waals surface area contributed by atoms with Crippen molar-refractivity contribution in [3.8, 4) is 0 Å². The molecule has 0 radical (unpaired) electrons. The zero-order chi connectivity index (χ0) is 19.7. The number of thioether (sulfide) groups is 1. The second-order valence-electron chi connectivity index (χ2n) is 8.90. The van der Waals surface area contributed by atoms with Gasteiger partial charge in [-0.15, -0.1) is 11.8 Å². The van der Waals surface area contributed by atoms with Crippen molar-refractivity contribution in [3.05, 3.63) is 24.3 Å². The Kier molecular flexibility index (Phi) is 4.26. The summed E-state index contributed by atoms with van der Waals surface area (Å²) in [6, 6.07) is 8.24. The molecule has 7 heteroatoms. The average molecular weight is 406 g/mol. The zero-order valence-electron chi connectivity index (χ0n) is 16.9. The van der Waals surface area contributed by atoms with E-state index in [0.717, 1.165) is 22.7 Å². The van der Waals surface area contributed by atoms with Crippen molar-refractivity contribution in [3.63, 3.8) is 0 Å². The van der Waals surface area contributed by atoms with Gasteiger partial charge in [0.2, 0.25) is 0 Å². The third-order valence-electron chi connectivity index (χ3n) is 5.68. The van der Waals surface area contributed by atoms with Crippen LogP contribution in [0.2, 0.25) is 0 Å². The van der Waals surface area contributed by atoms with Gasteiger partial charge in [0.1, 0.15) is 18.3 Å². The van der Waals surface area contributed by atoms with Crippen molar-refractivity contribution in [2.45, 2.75) is 86.9 Å². The number of hydrogen-bond donors (Lipinski definition) is 0. The van der Waals surface area contributed by atoms with E-state index in [-0.39, 0.29) is 18.3 Å². The number of benzene rings is 1. The highest BCUT2D eigenvalue weighted by molar-refractivity contribution is 8.01. The Balaban J connectivity index is 1.59. The molecule has 0 saturated carbocycles. The maximum absolute atomic E-state index is 6.48. The standard InChI is InChI=1S/C21H27NO5S/c1-12-10-21(28-15-9-7-6-8-13(15)22-12)16(14-11-23-19(2,3)25-14)24-18-17(21)26-20(4,5)27-18/h6-9,14,16-18H,10-11H2,1-5H3/t14-,16-,17-,18-,21-/m0/s1. The monoisotopic (exact) mass is 405 g/mol. The molecule has 28 heavy (non-hydrogen) atoms. The number of ether oxygens (including phenoxy) is 5. The largest absolute Gasteiger partial charge is 0.348 e. The molecule has 0 amide bonds. The van der Waals surface area contributed by atoms with Crippen molar-refractivity contribution in [2.24, 2.45) is 4.99 Å². The summed E-state index contributed by atoms with van der Waals surface area (Å²) in [6.07, 6.45) is -0.347. The topological polar surface area (TPSA) is 58.5 Å². The molecule has 0 aliphatic carbocycles.